The van der Waals surface area contributed by atoms with Gasteiger partial charge in [0.15, 0.2) is 5.96 Å². The van der Waals surface area contributed by atoms with E-state index in [2.05, 4.69) is 27.2 Å². The highest BCUT2D eigenvalue weighted by atomic mass is 127. The Labute approximate surface area is 203 Å². The van der Waals surface area contributed by atoms with E-state index in [0.29, 0.717) is 6.54 Å². The predicted octanol–water partition coefficient (Wildman–Crippen LogP) is 4.01. The number of hydrogen-bond donors (Lipinski definition) is 1. The van der Waals surface area contributed by atoms with Crippen LogP contribution < -0.4 is 10.1 Å². The number of rotatable bonds is 8. The zero-order chi connectivity index (χ0) is 20.6. The minimum Gasteiger partial charge on any atom is -0.497 e. The van der Waals surface area contributed by atoms with Crippen molar-refractivity contribution in [2.45, 2.75) is 32.2 Å². The summed E-state index contributed by atoms with van der Waals surface area (Å²) >= 11 is 0. The van der Waals surface area contributed by atoms with Crippen molar-refractivity contribution < 1.29 is 9.15 Å². The van der Waals surface area contributed by atoms with Crippen molar-refractivity contribution in [3.63, 3.8) is 0 Å². The van der Waals surface area contributed by atoms with Crippen molar-refractivity contribution in [2.75, 3.05) is 46.4 Å². The first-order valence-corrected chi connectivity index (χ1v) is 11.2. The molecule has 1 atom stereocenters. The smallest absolute Gasteiger partial charge is 0.194 e. The quantitative estimate of drug-likeness (QED) is 0.313. The van der Waals surface area contributed by atoms with E-state index < -0.39 is 0 Å². The summed E-state index contributed by atoms with van der Waals surface area (Å²) in [7, 11) is 1.69. The van der Waals surface area contributed by atoms with Gasteiger partial charge in [0, 0.05) is 32.6 Å². The largest absolute Gasteiger partial charge is 0.497 e. The highest BCUT2D eigenvalue weighted by Gasteiger charge is 2.27. The van der Waals surface area contributed by atoms with Crippen molar-refractivity contribution in [3.8, 4) is 5.75 Å². The van der Waals surface area contributed by atoms with Crippen LogP contribution in [-0.4, -0.2) is 62.1 Å². The van der Waals surface area contributed by atoms with Gasteiger partial charge in [-0.05, 0) is 68.1 Å². The van der Waals surface area contributed by atoms with E-state index in [1.165, 1.54) is 44.5 Å². The number of guanidine groups is 1. The SMILES string of the molecule is COc1ccc(CN=C(NCCc2ccco2)N2CCC(CN3CCCC3)C2)cc1.I. The molecular formula is C24H35IN4O2. The van der Waals surface area contributed by atoms with Crippen LogP contribution in [0.15, 0.2) is 52.1 Å². The number of benzene rings is 1. The molecule has 0 saturated carbocycles. The predicted molar refractivity (Wildman–Crippen MR) is 135 cm³/mol. The zero-order valence-electron chi connectivity index (χ0n) is 18.5. The van der Waals surface area contributed by atoms with Crippen molar-refractivity contribution in [2.24, 2.45) is 10.9 Å². The second-order valence-corrected chi connectivity index (χ2v) is 8.35. The third kappa shape index (κ3) is 7.14. The van der Waals surface area contributed by atoms with Gasteiger partial charge in [0.2, 0.25) is 0 Å². The average molecular weight is 538 g/mol. The minimum absolute atomic E-state index is 0. The van der Waals surface area contributed by atoms with Crippen LogP contribution in [0.4, 0.5) is 0 Å². The van der Waals surface area contributed by atoms with E-state index in [9.17, 15) is 0 Å². The molecule has 4 rings (SSSR count). The fourth-order valence-corrected chi connectivity index (χ4v) is 4.42. The number of halogens is 1. The van der Waals surface area contributed by atoms with Gasteiger partial charge in [-0.25, -0.2) is 4.99 Å². The standard InChI is InChI=1S/C24H34N4O2.HI/c1-29-22-8-6-20(7-9-22)17-26-24(25-12-10-23-5-4-16-30-23)28-15-11-21(19-28)18-27-13-2-3-14-27;/h4-9,16,21H,2-3,10-15,17-19H2,1H3,(H,25,26);1H. The Morgan fingerprint density at radius 2 is 1.97 bits per heavy atom. The monoisotopic (exact) mass is 538 g/mol. The first kappa shape index (κ1) is 23.9. The van der Waals surface area contributed by atoms with Crippen molar-refractivity contribution in [1.29, 1.82) is 0 Å². The van der Waals surface area contributed by atoms with Gasteiger partial charge in [-0.1, -0.05) is 12.1 Å². The van der Waals surface area contributed by atoms with Crippen molar-refractivity contribution in [1.82, 2.24) is 15.1 Å². The number of aliphatic imine (C=N–C) groups is 1. The average Bonchev–Trinajstić information content (AvgIpc) is 3.55. The summed E-state index contributed by atoms with van der Waals surface area (Å²) in [5.74, 6) is 3.64. The van der Waals surface area contributed by atoms with Crippen LogP contribution in [0.2, 0.25) is 0 Å². The molecule has 7 heteroatoms. The lowest BCUT2D eigenvalue weighted by molar-refractivity contribution is 0.281. The van der Waals surface area contributed by atoms with Gasteiger partial charge in [-0.3, -0.25) is 0 Å². The number of likely N-dealkylation sites (tertiary alicyclic amines) is 2. The van der Waals surface area contributed by atoms with Crippen molar-refractivity contribution >= 4 is 29.9 Å². The molecule has 1 aromatic heterocycles. The van der Waals surface area contributed by atoms with Crippen molar-refractivity contribution in [3.05, 3.63) is 54.0 Å². The molecule has 2 aliphatic heterocycles. The lowest BCUT2D eigenvalue weighted by Crippen LogP contribution is -2.41. The summed E-state index contributed by atoms with van der Waals surface area (Å²) in [6.07, 6.45) is 6.56. The van der Waals surface area contributed by atoms with E-state index >= 15 is 0 Å². The van der Waals surface area contributed by atoms with Crippen LogP contribution in [-0.2, 0) is 13.0 Å². The molecule has 3 heterocycles. The van der Waals surface area contributed by atoms with Gasteiger partial charge in [0.05, 0.1) is 19.9 Å². The topological polar surface area (TPSA) is 53.2 Å². The number of hydrogen-bond acceptors (Lipinski definition) is 4. The molecule has 1 unspecified atom stereocenters. The Morgan fingerprint density at radius 3 is 2.68 bits per heavy atom. The molecule has 170 valence electrons. The molecule has 0 aliphatic carbocycles. The van der Waals surface area contributed by atoms with Gasteiger partial charge >= 0.3 is 0 Å². The van der Waals surface area contributed by atoms with Gasteiger partial charge in [0.1, 0.15) is 11.5 Å². The lowest BCUT2D eigenvalue weighted by Gasteiger charge is -2.23. The summed E-state index contributed by atoms with van der Waals surface area (Å²) < 4.78 is 10.7. The molecular weight excluding hydrogens is 503 g/mol. The Morgan fingerprint density at radius 1 is 1.16 bits per heavy atom. The fourth-order valence-electron chi connectivity index (χ4n) is 4.42. The second-order valence-electron chi connectivity index (χ2n) is 8.35. The highest BCUT2D eigenvalue weighted by Crippen LogP contribution is 2.20. The highest BCUT2D eigenvalue weighted by molar-refractivity contribution is 14.0. The Bertz CT molecular complexity index is 788. The molecule has 0 spiro atoms. The molecule has 2 aromatic rings. The molecule has 31 heavy (non-hydrogen) atoms. The Kier molecular flexibility index (Phi) is 9.52. The van der Waals surface area contributed by atoms with Gasteiger partial charge in [-0.2, -0.15) is 0 Å². The molecule has 6 nitrogen and oxygen atoms in total. The molecule has 1 N–H and O–H groups in total. The lowest BCUT2D eigenvalue weighted by atomic mass is 10.1. The first-order valence-electron chi connectivity index (χ1n) is 11.2. The van der Waals surface area contributed by atoms with Crippen LogP contribution in [0, 0.1) is 5.92 Å². The molecule has 2 aliphatic rings. The molecule has 2 fully saturated rings. The molecule has 0 amide bonds. The summed E-state index contributed by atoms with van der Waals surface area (Å²) in [5, 5.41) is 3.58. The maximum Gasteiger partial charge on any atom is 0.194 e. The normalized spacial score (nSPS) is 19.5. The van der Waals surface area contributed by atoms with E-state index in [-0.39, 0.29) is 24.0 Å². The van der Waals surface area contributed by atoms with Crippen LogP contribution in [0.3, 0.4) is 0 Å². The molecule has 0 radical (unpaired) electrons. The first-order chi connectivity index (χ1) is 14.8. The van der Waals surface area contributed by atoms with Crippen LogP contribution in [0.1, 0.15) is 30.6 Å². The van der Waals surface area contributed by atoms with E-state index in [1.807, 2.05) is 24.3 Å². The van der Waals surface area contributed by atoms with Crippen LogP contribution in [0.25, 0.3) is 0 Å². The summed E-state index contributed by atoms with van der Waals surface area (Å²) in [5.41, 5.74) is 1.19. The minimum atomic E-state index is 0. The van der Waals surface area contributed by atoms with E-state index in [1.54, 1.807) is 13.4 Å². The maximum atomic E-state index is 5.47. The Balaban J connectivity index is 0.00000272. The third-order valence-corrected chi connectivity index (χ3v) is 6.11. The third-order valence-electron chi connectivity index (χ3n) is 6.11. The second kappa shape index (κ2) is 12.3. The molecule has 0 bridgehead atoms. The number of nitrogens with zero attached hydrogens (tertiary/aromatic N) is 3. The number of ether oxygens (including phenoxy) is 1. The fraction of sp³-hybridized carbons (Fsp3) is 0.542. The zero-order valence-corrected chi connectivity index (χ0v) is 20.8. The number of methoxy groups -OCH3 is 1. The number of furan rings is 1. The van der Waals surface area contributed by atoms with Gasteiger partial charge in [0.25, 0.3) is 0 Å². The molecule has 2 saturated heterocycles. The van der Waals surface area contributed by atoms with Crippen LogP contribution in [0.5, 0.6) is 5.75 Å². The summed E-state index contributed by atoms with van der Waals surface area (Å²) in [6, 6.07) is 12.1. The van der Waals surface area contributed by atoms with E-state index in [4.69, 9.17) is 14.1 Å². The molecule has 1 aromatic carbocycles. The number of nitrogens with one attached hydrogen (secondary N) is 1. The Hall–Kier alpha value is -1.74. The van der Waals surface area contributed by atoms with E-state index in [0.717, 1.165) is 49.4 Å². The van der Waals surface area contributed by atoms with Crippen LogP contribution >= 0.6 is 24.0 Å². The van der Waals surface area contributed by atoms with Gasteiger partial charge < -0.3 is 24.3 Å². The summed E-state index contributed by atoms with van der Waals surface area (Å²) in [4.78, 5) is 10.0. The maximum absolute atomic E-state index is 5.47. The summed E-state index contributed by atoms with van der Waals surface area (Å²) in [6.45, 7) is 7.43. The van der Waals surface area contributed by atoms with Gasteiger partial charge in [-0.15, -0.1) is 24.0 Å².